The number of pyridine rings is 1. The fraction of sp³-hybridized carbons (Fsp3) is 0.615. The van der Waals surface area contributed by atoms with Crippen LogP contribution in [-0.4, -0.2) is 11.5 Å². The third-order valence-electron chi connectivity index (χ3n) is 3.07. The molecule has 0 spiro atoms. The molecule has 2 nitrogen and oxygen atoms in total. The summed E-state index contributed by atoms with van der Waals surface area (Å²) in [5.74, 6) is 0.800. The zero-order valence-corrected chi connectivity index (χ0v) is 10.0. The van der Waals surface area contributed by atoms with Gasteiger partial charge in [0.1, 0.15) is 0 Å². The van der Waals surface area contributed by atoms with E-state index in [9.17, 15) is 0 Å². The molecule has 15 heavy (non-hydrogen) atoms. The number of hydrogen-bond acceptors (Lipinski definition) is 2. The summed E-state index contributed by atoms with van der Waals surface area (Å²) in [6.07, 6.45) is 6.22. The van der Waals surface area contributed by atoms with Gasteiger partial charge in [-0.2, -0.15) is 0 Å². The Labute approximate surface area is 93.1 Å². The van der Waals surface area contributed by atoms with Crippen molar-refractivity contribution in [2.45, 2.75) is 39.7 Å². The van der Waals surface area contributed by atoms with Crippen LogP contribution in [0.4, 0.5) is 0 Å². The van der Waals surface area contributed by atoms with Crippen LogP contribution < -0.4 is 5.32 Å². The first kappa shape index (κ1) is 12.2. The summed E-state index contributed by atoms with van der Waals surface area (Å²) in [6, 6.07) is 4.57. The molecule has 1 heterocycles. The maximum atomic E-state index is 4.03. The molecule has 0 saturated carbocycles. The third kappa shape index (κ3) is 4.00. The van der Waals surface area contributed by atoms with Crippen LogP contribution in [0.25, 0.3) is 0 Å². The average Bonchev–Trinajstić information content (AvgIpc) is 2.31. The van der Waals surface area contributed by atoms with Gasteiger partial charge >= 0.3 is 0 Å². The van der Waals surface area contributed by atoms with Gasteiger partial charge in [0.15, 0.2) is 0 Å². The molecular weight excluding hydrogens is 184 g/mol. The van der Waals surface area contributed by atoms with Crippen molar-refractivity contribution >= 4 is 0 Å². The Kier molecular flexibility index (Phi) is 5.33. The number of aromatic nitrogens is 1. The van der Waals surface area contributed by atoms with E-state index in [-0.39, 0.29) is 0 Å². The maximum absolute atomic E-state index is 4.03. The van der Waals surface area contributed by atoms with Crippen LogP contribution in [-0.2, 0) is 0 Å². The van der Waals surface area contributed by atoms with Gasteiger partial charge in [-0.3, -0.25) is 4.98 Å². The standard InChI is InChI=1S/C13H22N2/c1-4-12(5-2)10-15-11(3)13-6-8-14-9-7-13/h6-9,11-12,15H,4-5,10H2,1-3H3/t11-/m0/s1. The normalized spacial score (nSPS) is 13.1. The van der Waals surface area contributed by atoms with E-state index < -0.39 is 0 Å². The molecule has 0 bridgehead atoms. The Morgan fingerprint density at radius 2 is 1.80 bits per heavy atom. The van der Waals surface area contributed by atoms with Crippen LogP contribution in [0.3, 0.4) is 0 Å². The Hall–Kier alpha value is -0.890. The van der Waals surface area contributed by atoms with Gasteiger partial charge in [-0.15, -0.1) is 0 Å². The molecular formula is C13H22N2. The van der Waals surface area contributed by atoms with Crippen molar-refractivity contribution < 1.29 is 0 Å². The third-order valence-corrected chi connectivity index (χ3v) is 3.07. The summed E-state index contributed by atoms with van der Waals surface area (Å²) in [5.41, 5.74) is 1.32. The van der Waals surface area contributed by atoms with E-state index in [0.717, 1.165) is 12.5 Å². The summed E-state index contributed by atoms with van der Waals surface area (Å²) in [4.78, 5) is 4.03. The van der Waals surface area contributed by atoms with Gasteiger partial charge in [0, 0.05) is 18.4 Å². The number of nitrogens with zero attached hydrogens (tertiary/aromatic N) is 1. The molecule has 0 fully saturated rings. The Morgan fingerprint density at radius 3 is 2.33 bits per heavy atom. The molecule has 0 aliphatic carbocycles. The monoisotopic (exact) mass is 206 g/mol. The van der Waals surface area contributed by atoms with Crippen molar-refractivity contribution in [2.24, 2.45) is 5.92 Å². The Bertz CT molecular complexity index is 254. The van der Waals surface area contributed by atoms with Crippen LogP contribution in [0.15, 0.2) is 24.5 Å². The zero-order chi connectivity index (χ0) is 11.1. The second-order valence-electron chi connectivity index (χ2n) is 4.09. The highest BCUT2D eigenvalue weighted by molar-refractivity contribution is 5.13. The van der Waals surface area contributed by atoms with Gasteiger partial charge in [-0.05, 0) is 37.1 Å². The van der Waals surface area contributed by atoms with Crippen molar-refractivity contribution in [2.75, 3.05) is 6.54 Å². The van der Waals surface area contributed by atoms with E-state index in [1.807, 2.05) is 12.4 Å². The molecule has 0 aromatic carbocycles. The highest BCUT2D eigenvalue weighted by Gasteiger charge is 2.07. The minimum Gasteiger partial charge on any atom is -0.310 e. The molecule has 1 aromatic rings. The lowest BCUT2D eigenvalue weighted by Gasteiger charge is -2.18. The van der Waals surface area contributed by atoms with E-state index in [4.69, 9.17) is 0 Å². The first-order valence-electron chi connectivity index (χ1n) is 5.91. The van der Waals surface area contributed by atoms with Gasteiger partial charge in [0.2, 0.25) is 0 Å². The highest BCUT2D eigenvalue weighted by atomic mass is 14.9. The van der Waals surface area contributed by atoms with Crippen molar-refractivity contribution in [1.29, 1.82) is 0 Å². The highest BCUT2D eigenvalue weighted by Crippen LogP contribution is 2.12. The predicted molar refractivity (Wildman–Crippen MR) is 64.7 cm³/mol. The number of hydrogen-bond donors (Lipinski definition) is 1. The van der Waals surface area contributed by atoms with Crippen LogP contribution in [0.2, 0.25) is 0 Å². The summed E-state index contributed by atoms with van der Waals surface area (Å²) < 4.78 is 0. The molecule has 84 valence electrons. The van der Waals surface area contributed by atoms with Gasteiger partial charge in [0.05, 0.1) is 0 Å². The quantitative estimate of drug-likeness (QED) is 0.773. The Balaban J connectivity index is 2.39. The van der Waals surface area contributed by atoms with Crippen molar-refractivity contribution in [3.8, 4) is 0 Å². The van der Waals surface area contributed by atoms with Gasteiger partial charge < -0.3 is 5.32 Å². The van der Waals surface area contributed by atoms with Gasteiger partial charge in [-0.25, -0.2) is 0 Å². The molecule has 0 radical (unpaired) electrons. The van der Waals surface area contributed by atoms with Gasteiger partial charge in [-0.1, -0.05) is 26.7 Å². The van der Waals surface area contributed by atoms with Gasteiger partial charge in [0.25, 0.3) is 0 Å². The van der Waals surface area contributed by atoms with Crippen LogP contribution in [0.1, 0.15) is 45.2 Å². The van der Waals surface area contributed by atoms with Crippen molar-refractivity contribution in [3.63, 3.8) is 0 Å². The first-order valence-corrected chi connectivity index (χ1v) is 5.91. The smallest absolute Gasteiger partial charge is 0.0293 e. The van der Waals surface area contributed by atoms with E-state index in [1.165, 1.54) is 18.4 Å². The first-order chi connectivity index (χ1) is 7.27. The summed E-state index contributed by atoms with van der Waals surface area (Å²) >= 11 is 0. The van der Waals surface area contributed by atoms with Crippen LogP contribution in [0, 0.1) is 5.92 Å². The minimum atomic E-state index is 0.425. The van der Waals surface area contributed by atoms with E-state index in [1.54, 1.807) is 0 Å². The van der Waals surface area contributed by atoms with Crippen LogP contribution >= 0.6 is 0 Å². The summed E-state index contributed by atoms with van der Waals surface area (Å²) in [7, 11) is 0. The molecule has 0 amide bonds. The topological polar surface area (TPSA) is 24.9 Å². The fourth-order valence-corrected chi connectivity index (χ4v) is 1.69. The molecule has 0 aliphatic rings. The largest absolute Gasteiger partial charge is 0.310 e. The van der Waals surface area contributed by atoms with Crippen molar-refractivity contribution in [3.05, 3.63) is 30.1 Å². The summed E-state index contributed by atoms with van der Waals surface area (Å²) in [5, 5.41) is 3.57. The zero-order valence-electron chi connectivity index (χ0n) is 10.0. The second-order valence-corrected chi connectivity index (χ2v) is 4.09. The average molecular weight is 206 g/mol. The predicted octanol–water partition coefficient (Wildman–Crippen LogP) is 3.17. The van der Waals surface area contributed by atoms with E-state index in [0.29, 0.717) is 6.04 Å². The lowest BCUT2D eigenvalue weighted by atomic mass is 10.0. The van der Waals surface area contributed by atoms with Crippen molar-refractivity contribution in [1.82, 2.24) is 10.3 Å². The van der Waals surface area contributed by atoms with E-state index >= 15 is 0 Å². The Morgan fingerprint density at radius 1 is 1.20 bits per heavy atom. The SMILES string of the molecule is CCC(CC)CN[C@@H](C)c1ccncc1. The molecule has 1 N–H and O–H groups in total. The molecule has 0 saturated heterocycles. The van der Waals surface area contributed by atoms with E-state index in [2.05, 4.69) is 43.2 Å². The molecule has 0 unspecified atom stereocenters. The minimum absolute atomic E-state index is 0.425. The lowest BCUT2D eigenvalue weighted by molar-refractivity contribution is 0.422. The number of rotatable bonds is 6. The second kappa shape index (κ2) is 6.57. The molecule has 0 aliphatic heterocycles. The maximum Gasteiger partial charge on any atom is 0.0293 e. The summed E-state index contributed by atoms with van der Waals surface area (Å²) in [6.45, 7) is 7.83. The van der Waals surface area contributed by atoms with Crippen LogP contribution in [0.5, 0.6) is 0 Å². The fourth-order valence-electron chi connectivity index (χ4n) is 1.69. The molecule has 1 aromatic heterocycles. The number of nitrogens with one attached hydrogen (secondary N) is 1. The molecule has 2 heteroatoms. The molecule has 1 atom stereocenters. The molecule has 1 rings (SSSR count). The lowest BCUT2D eigenvalue weighted by Crippen LogP contribution is -2.25.